The van der Waals surface area contributed by atoms with Crippen molar-refractivity contribution in [3.05, 3.63) is 71.5 Å². The number of guanidine groups is 1. The van der Waals surface area contributed by atoms with Crippen molar-refractivity contribution in [3.8, 4) is 0 Å². The third-order valence-corrected chi connectivity index (χ3v) is 3.31. The number of aliphatic imine (C=N–C) groups is 1. The third-order valence-electron chi connectivity index (χ3n) is 3.31. The second-order valence-corrected chi connectivity index (χ2v) is 5.29. The van der Waals surface area contributed by atoms with Gasteiger partial charge >= 0.3 is 0 Å². The molecule has 3 nitrogen and oxygen atoms in total. The smallest absolute Gasteiger partial charge is 0.193 e. The fourth-order valence-electron chi connectivity index (χ4n) is 2.12. The number of nitrogens with one attached hydrogen (secondary N) is 1. The van der Waals surface area contributed by atoms with Gasteiger partial charge in [0.2, 0.25) is 0 Å². The molecule has 2 rings (SSSR count). The molecule has 0 amide bonds. The van der Waals surface area contributed by atoms with Crippen LogP contribution in [0.1, 0.15) is 11.1 Å². The highest BCUT2D eigenvalue weighted by Crippen LogP contribution is 2.06. The lowest BCUT2D eigenvalue weighted by Gasteiger charge is -2.17. The van der Waals surface area contributed by atoms with E-state index in [0.717, 1.165) is 17.1 Å². The van der Waals surface area contributed by atoms with Gasteiger partial charge in [0.25, 0.3) is 0 Å². The SMILES string of the molecule is CN(C)C(=NCc1ccccc1)NCCc1ccccc1F.I. The van der Waals surface area contributed by atoms with E-state index in [0.29, 0.717) is 19.5 Å². The summed E-state index contributed by atoms with van der Waals surface area (Å²) in [5, 5.41) is 3.27. The predicted molar refractivity (Wildman–Crippen MR) is 105 cm³/mol. The lowest BCUT2D eigenvalue weighted by molar-refractivity contribution is 0.573. The van der Waals surface area contributed by atoms with Crippen molar-refractivity contribution < 1.29 is 4.39 Å². The van der Waals surface area contributed by atoms with Gasteiger partial charge in [0.1, 0.15) is 5.82 Å². The Balaban J connectivity index is 0.00000264. The lowest BCUT2D eigenvalue weighted by Crippen LogP contribution is -2.37. The summed E-state index contributed by atoms with van der Waals surface area (Å²) in [6.07, 6.45) is 0.630. The van der Waals surface area contributed by atoms with Crippen LogP contribution in [0.4, 0.5) is 4.39 Å². The van der Waals surface area contributed by atoms with Crippen molar-refractivity contribution in [2.24, 2.45) is 4.99 Å². The molecule has 124 valence electrons. The van der Waals surface area contributed by atoms with Crippen molar-refractivity contribution in [1.82, 2.24) is 10.2 Å². The van der Waals surface area contributed by atoms with Gasteiger partial charge in [-0.1, -0.05) is 48.5 Å². The summed E-state index contributed by atoms with van der Waals surface area (Å²) in [6.45, 7) is 1.27. The first kappa shape index (κ1) is 19.4. The second kappa shape index (κ2) is 10.2. The van der Waals surface area contributed by atoms with Crippen molar-refractivity contribution in [1.29, 1.82) is 0 Å². The minimum Gasteiger partial charge on any atom is -0.356 e. The molecule has 0 aliphatic heterocycles. The summed E-state index contributed by atoms with van der Waals surface area (Å²) in [5.74, 6) is 0.650. The van der Waals surface area contributed by atoms with Crippen LogP contribution < -0.4 is 5.32 Å². The Morgan fingerprint density at radius 2 is 1.70 bits per heavy atom. The van der Waals surface area contributed by atoms with Gasteiger partial charge < -0.3 is 10.2 Å². The topological polar surface area (TPSA) is 27.6 Å². The molecule has 0 atom stereocenters. The Labute approximate surface area is 154 Å². The molecular weight excluding hydrogens is 404 g/mol. The molecule has 0 bridgehead atoms. The van der Waals surface area contributed by atoms with E-state index in [1.54, 1.807) is 6.07 Å². The number of nitrogens with zero attached hydrogens (tertiary/aromatic N) is 2. The van der Waals surface area contributed by atoms with E-state index in [2.05, 4.69) is 22.4 Å². The third kappa shape index (κ3) is 6.56. The zero-order valence-electron chi connectivity index (χ0n) is 13.5. The standard InChI is InChI=1S/C18H22FN3.HI/c1-22(2)18(21-14-15-8-4-3-5-9-15)20-13-12-16-10-6-7-11-17(16)19;/h3-11H,12-14H2,1-2H3,(H,20,21);1H. The van der Waals surface area contributed by atoms with E-state index in [9.17, 15) is 4.39 Å². The molecule has 0 aromatic heterocycles. The van der Waals surface area contributed by atoms with Gasteiger partial charge in [0.15, 0.2) is 5.96 Å². The minimum absolute atomic E-state index is 0. The second-order valence-electron chi connectivity index (χ2n) is 5.29. The van der Waals surface area contributed by atoms with E-state index in [4.69, 9.17) is 0 Å². The van der Waals surface area contributed by atoms with Crippen LogP contribution in [0.2, 0.25) is 0 Å². The Morgan fingerprint density at radius 3 is 2.35 bits per heavy atom. The van der Waals surface area contributed by atoms with Crippen molar-refractivity contribution in [3.63, 3.8) is 0 Å². The van der Waals surface area contributed by atoms with E-state index in [1.165, 1.54) is 6.07 Å². The zero-order chi connectivity index (χ0) is 15.8. The highest BCUT2D eigenvalue weighted by Gasteiger charge is 2.04. The summed E-state index contributed by atoms with van der Waals surface area (Å²) in [6, 6.07) is 17.0. The molecule has 0 radical (unpaired) electrons. The monoisotopic (exact) mass is 427 g/mol. The molecule has 0 aliphatic rings. The average molecular weight is 427 g/mol. The van der Waals surface area contributed by atoms with Gasteiger partial charge in [0.05, 0.1) is 6.54 Å². The Kier molecular flexibility index (Phi) is 8.61. The quantitative estimate of drug-likeness (QED) is 0.448. The molecular formula is C18H23FIN3. The maximum absolute atomic E-state index is 13.6. The van der Waals surface area contributed by atoms with Gasteiger partial charge in [-0.05, 0) is 23.6 Å². The first-order chi connectivity index (χ1) is 10.7. The molecule has 2 aromatic carbocycles. The molecule has 1 N–H and O–H groups in total. The summed E-state index contributed by atoms with van der Waals surface area (Å²) in [7, 11) is 3.89. The first-order valence-electron chi connectivity index (χ1n) is 7.40. The van der Waals surface area contributed by atoms with E-state index >= 15 is 0 Å². The predicted octanol–water partition coefficient (Wildman–Crippen LogP) is 3.69. The number of rotatable bonds is 5. The molecule has 0 saturated carbocycles. The van der Waals surface area contributed by atoms with Gasteiger partial charge in [-0.15, -0.1) is 24.0 Å². The first-order valence-corrected chi connectivity index (χ1v) is 7.40. The molecule has 5 heteroatoms. The molecule has 23 heavy (non-hydrogen) atoms. The number of hydrogen-bond donors (Lipinski definition) is 1. The maximum atomic E-state index is 13.6. The van der Waals surface area contributed by atoms with Gasteiger partial charge in [-0.2, -0.15) is 0 Å². The average Bonchev–Trinajstić information content (AvgIpc) is 2.53. The van der Waals surface area contributed by atoms with E-state index < -0.39 is 0 Å². The van der Waals surface area contributed by atoms with Crippen LogP contribution in [0.15, 0.2) is 59.6 Å². The van der Waals surface area contributed by atoms with Crippen molar-refractivity contribution in [2.45, 2.75) is 13.0 Å². The number of halogens is 2. The Hall–Kier alpha value is -1.63. The summed E-state index contributed by atoms with van der Waals surface area (Å²) in [5.41, 5.74) is 1.88. The van der Waals surface area contributed by atoms with Crippen LogP contribution in [0.3, 0.4) is 0 Å². The van der Waals surface area contributed by atoms with Crippen LogP contribution in [0.25, 0.3) is 0 Å². The van der Waals surface area contributed by atoms with Gasteiger partial charge in [-0.3, -0.25) is 0 Å². The fourth-order valence-corrected chi connectivity index (χ4v) is 2.12. The highest BCUT2D eigenvalue weighted by molar-refractivity contribution is 14.0. The minimum atomic E-state index is -0.156. The maximum Gasteiger partial charge on any atom is 0.193 e. The zero-order valence-corrected chi connectivity index (χ0v) is 15.8. The largest absolute Gasteiger partial charge is 0.356 e. The molecule has 0 unspecified atom stereocenters. The molecule has 0 fully saturated rings. The molecule has 0 spiro atoms. The van der Waals surface area contributed by atoms with Crippen LogP contribution >= 0.6 is 24.0 Å². The lowest BCUT2D eigenvalue weighted by atomic mass is 10.1. The van der Waals surface area contributed by atoms with Crippen molar-refractivity contribution in [2.75, 3.05) is 20.6 Å². The van der Waals surface area contributed by atoms with E-state index in [-0.39, 0.29) is 29.8 Å². The van der Waals surface area contributed by atoms with Crippen LogP contribution in [0, 0.1) is 5.82 Å². The van der Waals surface area contributed by atoms with Gasteiger partial charge in [-0.25, -0.2) is 9.38 Å². The van der Waals surface area contributed by atoms with Crippen molar-refractivity contribution >= 4 is 29.9 Å². The summed E-state index contributed by atoms with van der Waals surface area (Å²) in [4.78, 5) is 6.52. The Bertz CT molecular complexity index is 615. The van der Waals surface area contributed by atoms with Crippen LogP contribution in [-0.4, -0.2) is 31.5 Å². The van der Waals surface area contributed by atoms with Crippen LogP contribution in [-0.2, 0) is 13.0 Å². The molecule has 0 heterocycles. The normalized spacial score (nSPS) is 10.8. The summed E-state index contributed by atoms with van der Waals surface area (Å²) >= 11 is 0. The highest BCUT2D eigenvalue weighted by atomic mass is 127. The van der Waals surface area contributed by atoms with Gasteiger partial charge in [0, 0.05) is 20.6 Å². The van der Waals surface area contributed by atoms with Crippen LogP contribution in [0.5, 0.6) is 0 Å². The Morgan fingerprint density at radius 1 is 1.04 bits per heavy atom. The summed E-state index contributed by atoms with van der Waals surface area (Å²) < 4.78 is 13.6. The number of benzene rings is 2. The fraction of sp³-hybridized carbons (Fsp3) is 0.278. The molecule has 2 aromatic rings. The number of hydrogen-bond acceptors (Lipinski definition) is 1. The molecule has 0 aliphatic carbocycles. The van der Waals surface area contributed by atoms with E-state index in [1.807, 2.05) is 49.3 Å². The molecule has 0 saturated heterocycles.